The van der Waals surface area contributed by atoms with E-state index in [1.807, 2.05) is 0 Å². The third kappa shape index (κ3) is 15.2. The van der Waals surface area contributed by atoms with Gasteiger partial charge >= 0.3 is 0 Å². The summed E-state index contributed by atoms with van der Waals surface area (Å²) in [6.07, 6.45) is 36.9. The highest BCUT2D eigenvalue weighted by Crippen LogP contribution is 2.22. The number of unbranched alkanes of at least 4 members (excludes halogenated alkanes) is 19. The van der Waals surface area contributed by atoms with Crippen molar-refractivity contribution in [3.05, 3.63) is 12.4 Å². The number of hydrogen-bond acceptors (Lipinski definition) is 2. The van der Waals surface area contributed by atoms with Crippen molar-refractivity contribution in [3.63, 3.8) is 0 Å². The van der Waals surface area contributed by atoms with Crippen LogP contribution in [0.2, 0.25) is 0 Å². The van der Waals surface area contributed by atoms with Crippen molar-refractivity contribution < 1.29 is 0 Å². The first-order valence-electron chi connectivity index (χ1n) is 15.0. The minimum atomic E-state index is 0.637. The summed E-state index contributed by atoms with van der Waals surface area (Å²) in [7, 11) is 0. The van der Waals surface area contributed by atoms with E-state index < -0.39 is 0 Å². The molecule has 32 heavy (non-hydrogen) atoms. The fraction of sp³-hybridized carbons (Fsp3) is 0.933. The molecule has 190 valence electrons. The third-order valence-corrected chi connectivity index (χ3v) is 7.42. The number of nitrogens with zero attached hydrogens (tertiary/aromatic N) is 2. The molecule has 1 heterocycles. The summed E-state index contributed by atoms with van der Waals surface area (Å²) in [5, 5.41) is 0. The van der Waals surface area contributed by atoms with E-state index in [1.165, 1.54) is 148 Å². The molecular weight excluding hydrogens is 388 g/mol. The topological polar surface area (TPSA) is 6.48 Å². The highest BCUT2D eigenvalue weighted by atomic mass is 15.4. The maximum atomic E-state index is 2.63. The summed E-state index contributed by atoms with van der Waals surface area (Å²) in [6, 6.07) is 0. The lowest BCUT2D eigenvalue weighted by Gasteiger charge is -2.32. The summed E-state index contributed by atoms with van der Waals surface area (Å²) in [5.74, 6) is 0. The van der Waals surface area contributed by atoms with Crippen molar-refractivity contribution >= 4 is 0 Å². The molecule has 1 aliphatic heterocycles. The van der Waals surface area contributed by atoms with Crippen molar-refractivity contribution in [3.8, 4) is 0 Å². The number of hydrogen-bond donors (Lipinski definition) is 0. The second-order valence-corrected chi connectivity index (χ2v) is 10.4. The Morgan fingerprint density at radius 2 is 0.812 bits per heavy atom. The predicted molar refractivity (Wildman–Crippen MR) is 145 cm³/mol. The van der Waals surface area contributed by atoms with Gasteiger partial charge in [-0.05, 0) is 26.2 Å². The molecule has 0 aromatic carbocycles. The Kier molecular flexibility index (Phi) is 20.3. The molecule has 1 rings (SSSR count). The van der Waals surface area contributed by atoms with Crippen LogP contribution >= 0.6 is 0 Å². The van der Waals surface area contributed by atoms with Crippen molar-refractivity contribution in [2.45, 2.75) is 168 Å². The molecule has 1 unspecified atom stereocenters. The fourth-order valence-corrected chi connectivity index (χ4v) is 5.20. The molecule has 2 heteroatoms. The minimum Gasteiger partial charge on any atom is -0.356 e. The molecule has 2 nitrogen and oxygen atoms in total. The van der Waals surface area contributed by atoms with E-state index in [0.717, 1.165) is 6.54 Å². The Labute approximate surface area is 203 Å². The van der Waals surface area contributed by atoms with Crippen LogP contribution < -0.4 is 0 Å². The van der Waals surface area contributed by atoms with Crippen LogP contribution in [0.15, 0.2) is 12.4 Å². The normalized spacial score (nSPS) is 15.9. The van der Waals surface area contributed by atoms with Gasteiger partial charge in [-0.15, -0.1) is 0 Å². The molecule has 0 saturated carbocycles. The number of rotatable bonds is 24. The first-order valence-corrected chi connectivity index (χ1v) is 15.0. The van der Waals surface area contributed by atoms with Gasteiger partial charge in [-0.1, -0.05) is 136 Å². The van der Waals surface area contributed by atoms with E-state index in [4.69, 9.17) is 0 Å². The van der Waals surface area contributed by atoms with Gasteiger partial charge < -0.3 is 9.80 Å². The standard InChI is InChI=1S/C30H60N2/c1-4-7-9-11-12-13-14-15-16-17-18-19-20-21-22-23-25-27-32-29-28-31(6-3)30(32)26-24-10-8-5-2/h28-30H,4-27H2,1-3H3. The Balaban J connectivity index is 1.88. The quantitative estimate of drug-likeness (QED) is 0.135. The largest absolute Gasteiger partial charge is 0.356 e. The molecule has 0 saturated heterocycles. The van der Waals surface area contributed by atoms with Crippen LogP contribution in [0.5, 0.6) is 0 Å². The van der Waals surface area contributed by atoms with E-state index in [-0.39, 0.29) is 0 Å². The molecule has 0 fully saturated rings. The van der Waals surface area contributed by atoms with Gasteiger partial charge in [-0.3, -0.25) is 0 Å². The Hall–Kier alpha value is -0.660. The summed E-state index contributed by atoms with van der Waals surface area (Å²) in [6.45, 7) is 9.30. The lowest BCUT2D eigenvalue weighted by Crippen LogP contribution is -2.38. The van der Waals surface area contributed by atoms with Crippen molar-refractivity contribution in [2.75, 3.05) is 13.1 Å². The SMILES string of the molecule is CCCCCCCCCCCCCCCCCCCN1C=CN(CC)C1CCCCCC. The smallest absolute Gasteiger partial charge is 0.101 e. The van der Waals surface area contributed by atoms with E-state index in [1.54, 1.807) is 0 Å². The molecule has 0 aromatic heterocycles. The zero-order chi connectivity index (χ0) is 23.1. The van der Waals surface area contributed by atoms with Gasteiger partial charge in [0.2, 0.25) is 0 Å². The van der Waals surface area contributed by atoms with E-state index in [2.05, 4.69) is 43.0 Å². The van der Waals surface area contributed by atoms with Crippen molar-refractivity contribution in [1.29, 1.82) is 0 Å². The maximum Gasteiger partial charge on any atom is 0.101 e. The second-order valence-electron chi connectivity index (χ2n) is 10.4. The van der Waals surface area contributed by atoms with Crippen LogP contribution in [0, 0.1) is 0 Å². The second kappa shape index (κ2) is 22.1. The molecule has 0 bridgehead atoms. The van der Waals surface area contributed by atoms with Gasteiger partial charge in [0.05, 0.1) is 0 Å². The maximum absolute atomic E-state index is 2.63. The van der Waals surface area contributed by atoms with E-state index in [0.29, 0.717) is 6.17 Å². The van der Waals surface area contributed by atoms with E-state index >= 15 is 0 Å². The summed E-state index contributed by atoms with van der Waals surface area (Å²) in [5.41, 5.74) is 0. The average Bonchev–Trinajstić information content (AvgIpc) is 3.20. The van der Waals surface area contributed by atoms with Crippen LogP contribution in [-0.2, 0) is 0 Å². The molecule has 0 spiro atoms. The van der Waals surface area contributed by atoms with Crippen LogP contribution in [0.1, 0.15) is 162 Å². The lowest BCUT2D eigenvalue weighted by atomic mass is 10.0. The monoisotopic (exact) mass is 448 g/mol. The zero-order valence-electron chi connectivity index (χ0n) is 22.6. The highest BCUT2D eigenvalue weighted by Gasteiger charge is 2.23. The van der Waals surface area contributed by atoms with Crippen molar-refractivity contribution in [1.82, 2.24) is 9.80 Å². The Morgan fingerprint density at radius 3 is 1.25 bits per heavy atom. The van der Waals surface area contributed by atoms with Crippen LogP contribution in [-0.4, -0.2) is 29.1 Å². The van der Waals surface area contributed by atoms with Gasteiger partial charge in [-0.25, -0.2) is 0 Å². The van der Waals surface area contributed by atoms with Crippen molar-refractivity contribution in [2.24, 2.45) is 0 Å². The molecule has 0 aliphatic carbocycles. The minimum absolute atomic E-state index is 0.637. The van der Waals surface area contributed by atoms with Gasteiger partial charge in [0, 0.05) is 25.5 Å². The molecular formula is C30H60N2. The van der Waals surface area contributed by atoms with Crippen LogP contribution in [0.3, 0.4) is 0 Å². The van der Waals surface area contributed by atoms with Gasteiger partial charge in [0.1, 0.15) is 6.17 Å². The lowest BCUT2D eigenvalue weighted by molar-refractivity contribution is 0.142. The summed E-state index contributed by atoms with van der Waals surface area (Å²) >= 11 is 0. The average molecular weight is 449 g/mol. The third-order valence-electron chi connectivity index (χ3n) is 7.42. The fourth-order valence-electron chi connectivity index (χ4n) is 5.20. The molecule has 0 aromatic rings. The van der Waals surface area contributed by atoms with Gasteiger partial charge in [0.15, 0.2) is 0 Å². The summed E-state index contributed by atoms with van der Waals surface area (Å²) < 4.78 is 0. The van der Waals surface area contributed by atoms with E-state index in [9.17, 15) is 0 Å². The van der Waals surface area contributed by atoms with Crippen LogP contribution in [0.4, 0.5) is 0 Å². The zero-order valence-corrected chi connectivity index (χ0v) is 22.6. The Bertz CT molecular complexity index is 406. The molecule has 0 N–H and O–H groups in total. The first kappa shape index (κ1) is 29.4. The molecule has 0 radical (unpaired) electrons. The van der Waals surface area contributed by atoms with Crippen LogP contribution in [0.25, 0.3) is 0 Å². The Morgan fingerprint density at radius 1 is 0.438 bits per heavy atom. The highest BCUT2D eigenvalue weighted by molar-refractivity contribution is 4.96. The van der Waals surface area contributed by atoms with Gasteiger partial charge in [-0.2, -0.15) is 0 Å². The molecule has 0 amide bonds. The van der Waals surface area contributed by atoms with Gasteiger partial charge in [0.25, 0.3) is 0 Å². The first-order chi connectivity index (χ1) is 15.8. The molecule has 1 aliphatic rings. The predicted octanol–water partition coefficient (Wildman–Crippen LogP) is 10.0. The summed E-state index contributed by atoms with van der Waals surface area (Å²) in [4.78, 5) is 5.17. The molecule has 1 atom stereocenters.